The second-order valence-corrected chi connectivity index (χ2v) is 8.17. The van der Waals surface area contributed by atoms with Crippen molar-refractivity contribution in [2.75, 3.05) is 19.6 Å². The van der Waals surface area contributed by atoms with Crippen LogP contribution in [0.15, 0.2) is 41.0 Å². The number of hydrogen-bond donors (Lipinski definition) is 4. The third-order valence-corrected chi connectivity index (χ3v) is 6.00. The van der Waals surface area contributed by atoms with Crippen molar-refractivity contribution in [3.63, 3.8) is 0 Å². The van der Waals surface area contributed by atoms with Crippen LogP contribution in [0.4, 0.5) is 14.9 Å². The molecule has 2 aliphatic rings. The Balaban J connectivity index is 1.58. The van der Waals surface area contributed by atoms with Crippen LogP contribution < -0.4 is 22.5 Å². The van der Waals surface area contributed by atoms with Gasteiger partial charge in [0.1, 0.15) is 17.8 Å². The van der Waals surface area contributed by atoms with Crippen LogP contribution in [0.3, 0.4) is 0 Å². The molecule has 1 aliphatic heterocycles. The van der Waals surface area contributed by atoms with Gasteiger partial charge in [-0.2, -0.15) is 0 Å². The van der Waals surface area contributed by atoms with Crippen LogP contribution in [0.5, 0.6) is 0 Å². The normalized spacial score (nSPS) is 19.2. The molecule has 0 unspecified atom stereocenters. The van der Waals surface area contributed by atoms with Crippen LogP contribution in [-0.2, 0) is 9.53 Å². The molecule has 0 spiro atoms. The largest absolute Gasteiger partial charge is 0.446 e. The van der Waals surface area contributed by atoms with Gasteiger partial charge in [0, 0.05) is 31.9 Å². The van der Waals surface area contributed by atoms with Crippen molar-refractivity contribution in [3.05, 3.63) is 41.9 Å². The quantitative estimate of drug-likeness (QED) is 0.270. The lowest BCUT2D eigenvalue weighted by Gasteiger charge is -2.36. The highest BCUT2D eigenvalue weighted by atomic mass is 19.1. The van der Waals surface area contributed by atoms with Gasteiger partial charge in [0.2, 0.25) is 0 Å². The number of ether oxygens (including phenoxy) is 1. The lowest BCUT2D eigenvalue weighted by molar-refractivity contribution is -0.114. The molecular weight excluding hydrogens is 415 g/mol. The van der Waals surface area contributed by atoms with E-state index >= 15 is 0 Å². The molecule has 3 rings (SSSR count). The Bertz CT molecular complexity index is 861. The molecule has 32 heavy (non-hydrogen) atoms. The minimum atomic E-state index is -0.745. The lowest BCUT2D eigenvalue weighted by Crippen LogP contribution is -2.48. The molecule has 1 saturated heterocycles. The number of rotatable bonds is 8. The van der Waals surface area contributed by atoms with Crippen LogP contribution >= 0.6 is 0 Å². The number of piperidine rings is 1. The summed E-state index contributed by atoms with van der Waals surface area (Å²) in [6.45, 7) is 1.51. The average molecular weight is 447 g/mol. The van der Waals surface area contributed by atoms with E-state index in [1.165, 1.54) is 30.5 Å². The number of benzene rings is 1. The van der Waals surface area contributed by atoms with Gasteiger partial charge in [-0.15, -0.1) is 0 Å². The highest BCUT2D eigenvalue weighted by Gasteiger charge is 2.30. The molecule has 0 radical (unpaired) electrons. The minimum Gasteiger partial charge on any atom is -0.446 e. The Labute approximate surface area is 186 Å². The number of carbonyl (C=O) groups excluding carboxylic acids is 2. The number of amides is 2. The topological polar surface area (TPSA) is 149 Å². The predicted octanol–water partition coefficient (Wildman–Crippen LogP) is 1.50. The van der Waals surface area contributed by atoms with Gasteiger partial charge in [-0.1, -0.05) is 0 Å². The van der Waals surface area contributed by atoms with Crippen molar-refractivity contribution >= 4 is 23.5 Å². The summed E-state index contributed by atoms with van der Waals surface area (Å²) < 4.78 is 18.5. The number of nitrogens with two attached hydrogens (primary N) is 3. The van der Waals surface area contributed by atoms with Crippen molar-refractivity contribution in [3.8, 4) is 0 Å². The summed E-state index contributed by atoms with van der Waals surface area (Å²) in [4.78, 5) is 30.0. The number of amidine groups is 1. The van der Waals surface area contributed by atoms with E-state index in [0.29, 0.717) is 25.3 Å². The molecule has 1 saturated carbocycles. The van der Waals surface area contributed by atoms with E-state index < -0.39 is 11.7 Å². The van der Waals surface area contributed by atoms with Gasteiger partial charge in [0.05, 0.1) is 11.3 Å². The lowest BCUT2D eigenvalue weighted by atomic mass is 9.89. The average Bonchev–Trinajstić information content (AvgIpc) is 2.75. The summed E-state index contributed by atoms with van der Waals surface area (Å²) in [5.41, 5.74) is 17.8. The first-order chi connectivity index (χ1) is 15.4. The second kappa shape index (κ2) is 10.9. The number of aliphatic imine (C=N–C) groups is 1. The predicted molar refractivity (Wildman–Crippen MR) is 119 cm³/mol. The molecule has 1 aromatic rings. The Morgan fingerprint density at radius 2 is 1.84 bits per heavy atom. The zero-order chi connectivity index (χ0) is 23.1. The van der Waals surface area contributed by atoms with Gasteiger partial charge in [0.15, 0.2) is 0 Å². The standard InChI is InChI=1S/C22H31FN6O3/c23-15-4-6-16(7-5-15)28-20(25)18(21(26)30)13-27-19(12-24)14-8-10-29(11-9-14)22(31)32-17-2-1-3-17/h4-7,13-14,17,19,27H,1-3,8-12,24H2,(H2,25,28)(H2,26,30)/b18-13+/t19-/m0/s1. The van der Waals surface area contributed by atoms with E-state index in [-0.39, 0.29) is 35.6 Å². The van der Waals surface area contributed by atoms with Crippen LogP contribution in [0, 0.1) is 11.7 Å². The fourth-order valence-electron chi connectivity index (χ4n) is 3.76. The highest BCUT2D eigenvalue weighted by molar-refractivity contribution is 6.20. The first kappa shape index (κ1) is 23.5. The Hall–Kier alpha value is -3.14. The number of nitrogens with zero attached hydrogens (tertiary/aromatic N) is 2. The number of hydrogen-bond acceptors (Lipinski definition) is 6. The summed E-state index contributed by atoms with van der Waals surface area (Å²) >= 11 is 0. The molecule has 1 heterocycles. The van der Waals surface area contributed by atoms with Crippen molar-refractivity contribution in [2.24, 2.45) is 28.1 Å². The molecule has 1 aromatic carbocycles. The summed E-state index contributed by atoms with van der Waals surface area (Å²) in [6.07, 6.45) is 5.78. The highest BCUT2D eigenvalue weighted by Crippen LogP contribution is 2.25. The SMILES string of the molecule is NC[C@H](N/C=C(/C(N)=O)C(N)=Nc1ccc(F)cc1)C1CCN(C(=O)OC2CCC2)CC1. The van der Waals surface area contributed by atoms with E-state index in [4.69, 9.17) is 21.9 Å². The van der Waals surface area contributed by atoms with Gasteiger partial charge < -0.3 is 32.2 Å². The fourth-order valence-corrected chi connectivity index (χ4v) is 3.76. The van der Waals surface area contributed by atoms with Crippen molar-refractivity contribution in [2.45, 2.75) is 44.2 Å². The number of primary amides is 1. The molecule has 174 valence electrons. The van der Waals surface area contributed by atoms with E-state index in [1.54, 1.807) is 4.90 Å². The number of likely N-dealkylation sites (tertiary alicyclic amines) is 1. The van der Waals surface area contributed by atoms with Crippen molar-refractivity contribution in [1.82, 2.24) is 10.2 Å². The smallest absolute Gasteiger partial charge is 0.410 e. The van der Waals surface area contributed by atoms with Crippen LogP contribution in [0.2, 0.25) is 0 Å². The van der Waals surface area contributed by atoms with E-state index in [2.05, 4.69) is 10.3 Å². The number of carbonyl (C=O) groups is 2. The zero-order valence-electron chi connectivity index (χ0n) is 18.0. The Morgan fingerprint density at radius 1 is 1.19 bits per heavy atom. The first-order valence-corrected chi connectivity index (χ1v) is 10.9. The molecule has 0 aromatic heterocycles. The fraction of sp³-hybridized carbons (Fsp3) is 0.500. The maximum absolute atomic E-state index is 13.1. The second-order valence-electron chi connectivity index (χ2n) is 8.17. The van der Waals surface area contributed by atoms with Crippen LogP contribution in [0.25, 0.3) is 0 Å². The molecule has 9 nitrogen and oxygen atoms in total. The van der Waals surface area contributed by atoms with Crippen molar-refractivity contribution in [1.29, 1.82) is 0 Å². The van der Waals surface area contributed by atoms with Crippen LogP contribution in [0.1, 0.15) is 32.1 Å². The summed E-state index contributed by atoms with van der Waals surface area (Å²) in [5.74, 6) is -1.03. The van der Waals surface area contributed by atoms with Crippen LogP contribution in [-0.4, -0.2) is 54.5 Å². The monoisotopic (exact) mass is 446 g/mol. The summed E-state index contributed by atoms with van der Waals surface area (Å²) in [5, 5.41) is 3.15. The molecule has 10 heteroatoms. The first-order valence-electron chi connectivity index (χ1n) is 10.9. The van der Waals surface area contributed by atoms with Gasteiger partial charge >= 0.3 is 6.09 Å². The Kier molecular flexibility index (Phi) is 8.04. The Morgan fingerprint density at radius 3 is 2.38 bits per heavy atom. The van der Waals surface area contributed by atoms with Gasteiger partial charge in [-0.3, -0.25) is 4.79 Å². The number of halogens is 1. The van der Waals surface area contributed by atoms with E-state index in [0.717, 1.165) is 32.1 Å². The summed E-state index contributed by atoms with van der Waals surface area (Å²) in [7, 11) is 0. The van der Waals surface area contributed by atoms with E-state index in [9.17, 15) is 14.0 Å². The molecule has 7 N–H and O–H groups in total. The molecule has 2 fully saturated rings. The maximum Gasteiger partial charge on any atom is 0.410 e. The van der Waals surface area contributed by atoms with Gasteiger partial charge in [-0.05, 0) is 62.3 Å². The molecule has 2 amide bonds. The number of nitrogens with one attached hydrogen (secondary N) is 1. The molecular formula is C22H31FN6O3. The zero-order valence-corrected chi connectivity index (χ0v) is 18.0. The third-order valence-electron chi connectivity index (χ3n) is 6.00. The van der Waals surface area contributed by atoms with E-state index in [1.807, 2.05) is 0 Å². The third kappa shape index (κ3) is 6.19. The summed E-state index contributed by atoms with van der Waals surface area (Å²) in [6, 6.07) is 5.25. The maximum atomic E-state index is 13.1. The van der Waals surface area contributed by atoms with Crippen molar-refractivity contribution < 1.29 is 18.7 Å². The molecule has 1 aliphatic carbocycles. The minimum absolute atomic E-state index is 0.00860. The molecule has 1 atom stereocenters. The molecule has 0 bridgehead atoms. The van der Waals surface area contributed by atoms with Gasteiger partial charge in [-0.25, -0.2) is 14.2 Å². The van der Waals surface area contributed by atoms with Gasteiger partial charge in [0.25, 0.3) is 5.91 Å².